The molecule has 198 valence electrons. The molecule has 0 spiro atoms. The van der Waals surface area contributed by atoms with Crippen molar-refractivity contribution in [1.82, 2.24) is 9.55 Å². The zero-order chi connectivity index (χ0) is 28.1. The molecule has 2 amide bonds. The minimum Gasteiger partial charge on any atom is -0.495 e. The molecule has 0 bridgehead atoms. The van der Waals surface area contributed by atoms with Crippen molar-refractivity contribution >= 4 is 34.9 Å². The number of ether oxygens (including phenoxy) is 1. The van der Waals surface area contributed by atoms with E-state index >= 15 is 0 Å². The number of primary amides is 1. The number of Topliss-reactive ketones (excluding diaryl/α,β-unsaturated/α-hetero) is 1. The number of anilines is 1. The number of carbonyl (C=O) groups is 3. The maximum Gasteiger partial charge on any atom is 0.252 e. The molecule has 0 aliphatic rings. The number of hydrogen-bond acceptors (Lipinski definition) is 6. The van der Waals surface area contributed by atoms with Crippen molar-refractivity contribution < 1.29 is 19.1 Å². The number of nitrogens with zero attached hydrogens (tertiary/aromatic N) is 2. The first-order valence-corrected chi connectivity index (χ1v) is 12.3. The van der Waals surface area contributed by atoms with Crippen LogP contribution in [-0.4, -0.2) is 34.3 Å². The lowest BCUT2D eigenvalue weighted by molar-refractivity contribution is -0.119. The molecule has 39 heavy (non-hydrogen) atoms. The Morgan fingerprint density at radius 2 is 1.79 bits per heavy atom. The summed E-state index contributed by atoms with van der Waals surface area (Å²) in [6.07, 6.45) is 3.14. The van der Waals surface area contributed by atoms with Crippen LogP contribution in [0.25, 0.3) is 11.1 Å². The molecule has 2 heterocycles. The molecule has 0 fully saturated rings. The fraction of sp³-hybridized carbons (Fsp3) is 0.138. The number of halogens is 1. The number of nitrogens with one attached hydrogen (secondary N) is 1. The first-order chi connectivity index (χ1) is 18.7. The Balaban J connectivity index is 1.79. The van der Waals surface area contributed by atoms with E-state index in [1.807, 2.05) is 0 Å². The van der Waals surface area contributed by atoms with Crippen LogP contribution in [0.3, 0.4) is 0 Å². The third-order valence-corrected chi connectivity index (χ3v) is 6.35. The van der Waals surface area contributed by atoms with E-state index in [2.05, 4.69) is 10.3 Å². The van der Waals surface area contributed by atoms with Crippen molar-refractivity contribution in [3.05, 3.63) is 111 Å². The van der Waals surface area contributed by atoms with E-state index in [0.29, 0.717) is 38.7 Å². The van der Waals surface area contributed by atoms with Gasteiger partial charge in [0, 0.05) is 51.8 Å². The summed E-state index contributed by atoms with van der Waals surface area (Å²) in [4.78, 5) is 55.0. The molecule has 0 saturated heterocycles. The first kappa shape index (κ1) is 27.3. The van der Waals surface area contributed by atoms with E-state index in [1.54, 1.807) is 54.7 Å². The lowest BCUT2D eigenvalue weighted by atomic mass is 9.97. The molecule has 4 rings (SSSR count). The van der Waals surface area contributed by atoms with Gasteiger partial charge in [0.1, 0.15) is 11.8 Å². The molecule has 0 aliphatic carbocycles. The van der Waals surface area contributed by atoms with Gasteiger partial charge in [-0.1, -0.05) is 17.7 Å². The Morgan fingerprint density at radius 3 is 2.41 bits per heavy atom. The average Bonchev–Trinajstić information content (AvgIpc) is 2.92. The Labute approximate surface area is 229 Å². The van der Waals surface area contributed by atoms with Crippen LogP contribution in [0.4, 0.5) is 5.69 Å². The third kappa shape index (κ3) is 6.22. The number of hydrogen-bond donors (Lipinski definition) is 2. The molecule has 0 saturated carbocycles. The highest BCUT2D eigenvalue weighted by Gasteiger charge is 2.25. The molecule has 9 nitrogen and oxygen atoms in total. The van der Waals surface area contributed by atoms with Crippen molar-refractivity contribution in [1.29, 1.82) is 0 Å². The second-order valence-electron chi connectivity index (χ2n) is 8.72. The van der Waals surface area contributed by atoms with Crippen LogP contribution in [0, 0.1) is 0 Å². The van der Waals surface area contributed by atoms with Crippen LogP contribution >= 0.6 is 11.6 Å². The van der Waals surface area contributed by atoms with Gasteiger partial charge in [0.05, 0.1) is 13.3 Å². The van der Waals surface area contributed by atoms with E-state index in [4.69, 9.17) is 22.1 Å². The monoisotopic (exact) mass is 544 g/mol. The molecule has 3 N–H and O–H groups in total. The second-order valence-corrected chi connectivity index (χ2v) is 9.16. The predicted octanol–water partition coefficient (Wildman–Crippen LogP) is 4.30. The highest BCUT2D eigenvalue weighted by atomic mass is 35.5. The molecule has 1 atom stereocenters. The predicted molar refractivity (Wildman–Crippen MR) is 148 cm³/mol. The summed E-state index contributed by atoms with van der Waals surface area (Å²) in [5.41, 5.74) is 7.27. The lowest BCUT2D eigenvalue weighted by Gasteiger charge is -2.21. The Hall–Kier alpha value is -4.76. The zero-order valence-corrected chi connectivity index (χ0v) is 21.9. The van der Waals surface area contributed by atoms with Crippen molar-refractivity contribution in [2.24, 2.45) is 5.73 Å². The van der Waals surface area contributed by atoms with E-state index < -0.39 is 23.4 Å². The number of pyridine rings is 2. The number of nitrogens with two attached hydrogens (primary N) is 1. The standard InChI is InChI=1S/C29H25ClN4O5/c1-17(35)22-11-8-19(30)13-23(22)24-15-27(36)34(16-26(24)39-2)25(14-21-5-3-4-12-32-21)29(38)33-20-9-6-18(7-10-20)28(31)37/h3-13,15-16,25H,14H2,1-2H3,(H2,31,37)(H,33,38)/t25-/m0/s1. The number of methoxy groups -OCH3 is 1. The average molecular weight is 545 g/mol. The van der Waals surface area contributed by atoms with E-state index in [-0.39, 0.29) is 18.0 Å². The summed E-state index contributed by atoms with van der Waals surface area (Å²) < 4.78 is 6.86. The van der Waals surface area contributed by atoms with Gasteiger partial charge in [0.25, 0.3) is 5.56 Å². The summed E-state index contributed by atoms with van der Waals surface area (Å²) in [6.45, 7) is 1.42. The summed E-state index contributed by atoms with van der Waals surface area (Å²) in [6, 6.07) is 16.4. The number of ketones is 1. The Kier molecular flexibility index (Phi) is 8.21. The largest absolute Gasteiger partial charge is 0.495 e. The quantitative estimate of drug-likeness (QED) is 0.302. The van der Waals surface area contributed by atoms with Gasteiger partial charge in [-0.15, -0.1) is 0 Å². The Bertz CT molecular complexity index is 1600. The molecular formula is C29H25ClN4O5. The van der Waals surface area contributed by atoms with E-state index in [9.17, 15) is 19.2 Å². The minimum absolute atomic E-state index is 0.101. The van der Waals surface area contributed by atoms with Crippen LogP contribution in [0.5, 0.6) is 5.75 Å². The van der Waals surface area contributed by atoms with Gasteiger partial charge < -0.3 is 15.8 Å². The van der Waals surface area contributed by atoms with Gasteiger partial charge in [-0.25, -0.2) is 0 Å². The van der Waals surface area contributed by atoms with Crippen molar-refractivity contribution in [2.45, 2.75) is 19.4 Å². The fourth-order valence-electron chi connectivity index (χ4n) is 4.17. The van der Waals surface area contributed by atoms with Gasteiger partial charge in [-0.3, -0.25) is 28.7 Å². The molecule has 0 aliphatic heterocycles. The van der Waals surface area contributed by atoms with Gasteiger partial charge >= 0.3 is 0 Å². The Morgan fingerprint density at radius 1 is 1.05 bits per heavy atom. The van der Waals surface area contributed by atoms with E-state index in [1.165, 1.54) is 43.0 Å². The van der Waals surface area contributed by atoms with Gasteiger partial charge in [-0.05, 0) is 67.1 Å². The normalized spacial score (nSPS) is 11.5. The summed E-state index contributed by atoms with van der Waals surface area (Å²) in [5, 5.41) is 3.17. The summed E-state index contributed by atoms with van der Waals surface area (Å²) in [5.74, 6) is -1.02. The van der Waals surface area contributed by atoms with Crippen LogP contribution in [0.1, 0.15) is 39.4 Å². The van der Waals surface area contributed by atoms with Gasteiger partial charge in [0.2, 0.25) is 11.8 Å². The smallest absolute Gasteiger partial charge is 0.252 e. The molecule has 2 aromatic heterocycles. The summed E-state index contributed by atoms with van der Waals surface area (Å²) >= 11 is 6.20. The molecule has 10 heteroatoms. The number of amides is 2. The molecular weight excluding hydrogens is 520 g/mol. The highest BCUT2D eigenvalue weighted by molar-refractivity contribution is 6.31. The minimum atomic E-state index is -1.02. The molecule has 0 radical (unpaired) electrons. The first-order valence-electron chi connectivity index (χ1n) is 11.9. The summed E-state index contributed by atoms with van der Waals surface area (Å²) in [7, 11) is 1.43. The number of carbonyl (C=O) groups excluding carboxylic acids is 3. The van der Waals surface area contributed by atoms with Crippen LogP contribution in [-0.2, 0) is 11.2 Å². The van der Waals surface area contributed by atoms with Crippen molar-refractivity contribution in [3.8, 4) is 16.9 Å². The molecule has 0 unspecified atom stereocenters. The van der Waals surface area contributed by atoms with Crippen LogP contribution < -0.4 is 21.3 Å². The molecule has 2 aromatic carbocycles. The van der Waals surface area contributed by atoms with Crippen LogP contribution in [0.2, 0.25) is 5.02 Å². The second kappa shape index (κ2) is 11.7. The molecule has 4 aromatic rings. The number of aromatic nitrogens is 2. The zero-order valence-electron chi connectivity index (χ0n) is 21.2. The lowest BCUT2D eigenvalue weighted by Crippen LogP contribution is -2.34. The van der Waals surface area contributed by atoms with Gasteiger partial charge in [0.15, 0.2) is 5.78 Å². The van der Waals surface area contributed by atoms with Crippen molar-refractivity contribution in [3.63, 3.8) is 0 Å². The maximum absolute atomic E-state index is 13.5. The number of benzene rings is 2. The highest BCUT2D eigenvalue weighted by Crippen LogP contribution is 2.34. The SMILES string of the molecule is COc1cn([C@@H](Cc2ccccn2)C(=O)Nc2ccc(C(N)=O)cc2)c(=O)cc1-c1cc(Cl)ccc1C(C)=O. The topological polar surface area (TPSA) is 133 Å². The van der Waals surface area contributed by atoms with E-state index in [0.717, 1.165) is 0 Å². The van der Waals surface area contributed by atoms with Gasteiger partial charge in [-0.2, -0.15) is 0 Å². The fourth-order valence-corrected chi connectivity index (χ4v) is 4.34. The van der Waals surface area contributed by atoms with Crippen LogP contribution in [0.15, 0.2) is 83.9 Å². The van der Waals surface area contributed by atoms with Crippen molar-refractivity contribution in [2.75, 3.05) is 12.4 Å². The number of rotatable bonds is 9. The third-order valence-electron chi connectivity index (χ3n) is 6.12. The maximum atomic E-state index is 13.5.